The van der Waals surface area contributed by atoms with Crippen molar-refractivity contribution < 1.29 is 18.6 Å². The van der Waals surface area contributed by atoms with Crippen LogP contribution >= 0.6 is 0 Å². The molecule has 3 nitrogen and oxygen atoms in total. The minimum Gasteiger partial charge on any atom is -0.491 e. The van der Waals surface area contributed by atoms with E-state index in [2.05, 4.69) is 6.92 Å². The first-order valence-corrected chi connectivity index (χ1v) is 6.36. The van der Waals surface area contributed by atoms with Crippen LogP contribution in [0.15, 0.2) is 18.2 Å². The summed E-state index contributed by atoms with van der Waals surface area (Å²) in [5, 5.41) is 0. The lowest BCUT2D eigenvalue weighted by molar-refractivity contribution is -0.149. The summed E-state index contributed by atoms with van der Waals surface area (Å²) in [5.41, 5.74) is 0.681. The molecule has 1 aliphatic heterocycles. The Morgan fingerprint density at radius 3 is 2.67 bits per heavy atom. The lowest BCUT2D eigenvalue weighted by Crippen LogP contribution is -2.22. The molecule has 0 aliphatic carbocycles. The molecule has 1 heterocycles. The Balaban J connectivity index is 2.09. The van der Waals surface area contributed by atoms with Crippen LogP contribution in [0, 0.1) is 5.82 Å². The van der Waals surface area contributed by atoms with Crippen LogP contribution in [0.25, 0.3) is 0 Å². The van der Waals surface area contributed by atoms with E-state index in [0.717, 1.165) is 12.8 Å². The van der Waals surface area contributed by atoms with E-state index in [1.54, 1.807) is 19.1 Å². The summed E-state index contributed by atoms with van der Waals surface area (Å²) < 4.78 is 30.2. The first-order valence-electron chi connectivity index (χ1n) is 6.36. The summed E-state index contributed by atoms with van der Waals surface area (Å²) in [5.74, 6) is -0.916. The molecule has 1 aromatic carbocycles. The molecule has 18 heavy (non-hydrogen) atoms. The van der Waals surface area contributed by atoms with E-state index in [-0.39, 0.29) is 11.6 Å². The molecule has 0 spiro atoms. The highest BCUT2D eigenvalue weighted by atomic mass is 19.1. The highest BCUT2D eigenvalue weighted by Gasteiger charge is 2.33. The number of ether oxygens (including phenoxy) is 3. The summed E-state index contributed by atoms with van der Waals surface area (Å²) >= 11 is 0. The van der Waals surface area contributed by atoms with Crippen molar-refractivity contribution in [2.24, 2.45) is 0 Å². The molecule has 0 unspecified atom stereocenters. The number of unbranched alkanes of at least 4 members (excludes halogenated alkanes) is 1. The topological polar surface area (TPSA) is 27.7 Å². The Kier molecular flexibility index (Phi) is 4.19. The molecule has 0 N–H and O–H groups in total. The molecule has 0 saturated carbocycles. The molecule has 1 aliphatic rings. The number of halogens is 1. The van der Waals surface area contributed by atoms with Gasteiger partial charge in [0.1, 0.15) is 0 Å². The average Bonchev–Trinajstić information content (AvgIpc) is 2.80. The van der Waals surface area contributed by atoms with Gasteiger partial charge in [-0.3, -0.25) is 0 Å². The number of rotatable bonds is 5. The lowest BCUT2D eigenvalue weighted by Gasteiger charge is -2.23. The van der Waals surface area contributed by atoms with E-state index >= 15 is 0 Å². The minimum absolute atomic E-state index is 0.286. The van der Waals surface area contributed by atoms with Crippen LogP contribution < -0.4 is 4.74 Å². The minimum atomic E-state index is -0.831. The molecule has 100 valence electrons. The van der Waals surface area contributed by atoms with Gasteiger partial charge >= 0.3 is 0 Å². The molecule has 0 radical (unpaired) electrons. The second-order valence-electron chi connectivity index (χ2n) is 4.49. The van der Waals surface area contributed by atoms with E-state index < -0.39 is 5.79 Å². The van der Waals surface area contributed by atoms with Gasteiger partial charge in [-0.25, -0.2) is 4.39 Å². The summed E-state index contributed by atoms with van der Waals surface area (Å²) in [7, 11) is 0. The van der Waals surface area contributed by atoms with Gasteiger partial charge in [-0.2, -0.15) is 0 Å². The molecular weight excluding hydrogens is 235 g/mol. The van der Waals surface area contributed by atoms with Crippen molar-refractivity contribution >= 4 is 0 Å². The highest BCUT2D eigenvalue weighted by Crippen LogP contribution is 2.33. The number of benzene rings is 1. The molecule has 1 aromatic rings. The summed E-state index contributed by atoms with van der Waals surface area (Å²) in [4.78, 5) is 0. The Morgan fingerprint density at radius 2 is 2.06 bits per heavy atom. The van der Waals surface area contributed by atoms with Crippen LogP contribution in [0.2, 0.25) is 0 Å². The Hall–Kier alpha value is -1.13. The number of hydrogen-bond donors (Lipinski definition) is 0. The maximum absolute atomic E-state index is 13.9. The quantitative estimate of drug-likeness (QED) is 0.755. The van der Waals surface area contributed by atoms with Gasteiger partial charge in [0.25, 0.3) is 0 Å². The SMILES string of the molecule is CCCCOc1ccc(C2(C)OCCO2)cc1F. The average molecular weight is 254 g/mol. The normalized spacial score (nSPS) is 17.9. The Labute approximate surface area is 107 Å². The van der Waals surface area contributed by atoms with Crippen molar-refractivity contribution in [3.8, 4) is 5.75 Å². The van der Waals surface area contributed by atoms with Gasteiger partial charge in [0, 0.05) is 5.56 Å². The van der Waals surface area contributed by atoms with E-state index in [1.165, 1.54) is 6.07 Å². The van der Waals surface area contributed by atoms with Gasteiger partial charge in [-0.05, 0) is 31.5 Å². The molecule has 0 bridgehead atoms. The zero-order valence-electron chi connectivity index (χ0n) is 10.9. The predicted molar refractivity (Wildman–Crippen MR) is 66.1 cm³/mol. The van der Waals surface area contributed by atoms with E-state index in [9.17, 15) is 4.39 Å². The second-order valence-corrected chi connectivity index (χ2v) is 4.49. The van der Waals surface area contributed by atoms with Crippen LogP contribution in [0.3, 0.4) is 0 Å². The Morgan fingerprint density at radius 1 is 1.33 bits per heavy atom. The van der Waals surface area contributed by atoms with Crippen LogP contribution in [0.5, 0.6) is 5.75 Å². The van der Waals surface area contributed by atoms with E-state index in [0.29, 0.717) is 25.4 Å². The van der Waals surface area contributed by atoms with Crippen molar-refractivity contribution in [2.75, 3.05) is 19.8 Å². The zero-order valence-corrected chi connectivity index (χ0v) is 10.9. The summed E-state index contributed by atoms with van der Waals surface area (Å²) in [6.07, 6.45) is 1.95. The van der Waals surface area contributed by atoms with Crippen LogP contribution in [-0.4, -0.2) is 19.8 Å². The Bertz CT molecular complexity index is 400. The van der Waals surface area contributed by atoms with Gasteiger partial charge in [-0.1, -0.05) is 13.3 Å². The standard InChI is InChI=1S/C14H19FO3/c1-3-4-7-16-13-6-5-11(10-12(13)15)14(2)17-8-9-18-14/h5-6,10H,3-4,7-9H2,1-2H3. The first-order chi connectivity index (χ1) is 8.65. The van der Waals surface area contributed by atoms with Gasteiger partial charge in [0.05, 0.1) is 19.8 Å². The molecule has 1 fully saturated rings. The third-order valence-electron chi connectivity index (χ3n) is 3.05. The predicted octanol–water partition coefficient (Wildman–Crippen LogP) is 3.22. The van der Waals surface area contributed by atoms with Crippen molar-refractivity contribution in [3.05, 3.63) is 29.6 Å². The summed E-state index contributed by atoms with van der Waals surface area (Å²) in [6.45, 7) is 5.47. The van der Waals surface area contributed by atoms with E-state index in [4.69, 9.17) is 14.2 Å². The van der Waals surface area contributed by atoms with Crippen molar-refractivity contribution in [1.82, 2.24) is 0 Å². The van der Waals surface area contributed by atoms with Crippen LogP contribution in [-0.2, 0) is 15.3 Å². The molecule has 2 rings (SSSR count). The molecule has 1 saturated heterocycles. The zero-order chi connectivity index (χ0) is 13.0. The van der Waals surface area contributed by atoms with Crippen LogP contribution in [0.4, 0.5) is 4.39 Å². The smallest absolute Gasteiger partial charge is 0.192 e. The molecule has 0 atom stereocenters. The summed E-state index contributed by atoms with van der Waals surface area (Å²) in [6, 6.07) is 4.85. The maximum Gasteiger partial charge on any atom is 0.192 e. The first kappa shape index (κ1) is 13.3. The molecule has 0 amide bonds. The van der Waals surface area contributed by atoms with Gasteiger partial charge in [0.2, 0.25) is 0 Å². The molecule has 0 aromatic heterocycles. The highest BCUT2D eigenvalue weighted by molar-refractivity contribution is 5.31. The van der Waals surface area contributed by atoms with Gasteiger partial charge in [0.15, 0.2) is 17.4 Å². The van der Waals surface area contributed by atoms with Crippen molar-refractivity contribution in [3.63, 3.8) is 0 Å². The van der Waals surface area contributed by atoms with Crippen molar-refractivity contribution in [2.45, 2.75) is 32.5 Å². The molecular formula is C14H19FO3. The van der Waals surface area contributed by atoms with Crippen LogP contribution in [0.1, 0.15) is 32.3 Å². The monoisotopic (exact) mass is 254 g/mol. The third kappa shape index (κ3) is 2.82. The fourth-order valence-corrected chi connectivity index (χ4v) is 1.91. The fraction of sp³-hybridized carbons (Fsp3) is 0.571. The third-order valence-corrected chi connectivity index (χ3v) is 3.05. The van der Waals surface area contributed by atoms with Gasteiger partial charge in [-0.15, -0.1) is 0 Å². The van der Waals surface area contributed by atoms with Gasteiger partial charge < -0.3 is 14.2 Å². The maximum atomic E-state index is 13.9. The largest absolute Gasteiger partial charge is 0.491 e. The van der Waals surface area contributed by atoms with E-state index in [1.807, 2.05) is 0 Å². The lowest BCUT2D eigenvalue weighted by atomic mass is 10.1. The second kappa shape index (κ2) is 5.67. The van der Waals surface area contributed by atoms with Crippen molar-refractivity contribution in [1.29, 1.82) is 0 Å². The molecule has 4 heteroatoms. The fourth-order valence-electron chi connectivity index (χ4n) is 1.91. The number of hydrogen-bond acceptors (Lipinski definition) is 3.